The lowest BCUT2D eigenvalue weighted by Gasteiger charge is -2.13. The summed E-state index contributed by atoms with van der Waals surface area (Å²) >= 11 is 3.69. The Labute approximate surface area is 239 Å². The minimum atomic E-state index is 0.686. The summed E-state index contributed by atoms with van der Waals surface area (Å²) in [6.07, 6.45) is 0. The van der Waals surface area contributed by atoms with E-state index in [0.717, 1.165) is 22.3 Å². The highest BCUT2D eigenvalue weighted by Crippen LogP contribution is 2.43. The lowest BCUT2D eigenvalue weighted by Crippen LogP contribution is -1.89. The van der Waals surface area contributed by atoms with Crippen LogP contribution in [0.15, 0.2) is 127 Å². The van der Waals surface area contributed by atoms with Crippen molar-refractivity contribution in [1.82, 2.24) is 0 Å². The minimum Gasteiger partial charge on any atom is -0.192 e. The Balaban J connectivity index is 1.39. The second-order valence-corrected chi connectivity index (χ2v) is 12.2. The lowest BCUT2D eigenvalue weighted by atomic mass is 9.91. The number of hydrogen-bond donors (Lipinski definition) is 0. The molecule has 0 aliphatic rings. The topological polar surface area (TPSA) is 23.8 Å². The van der Waals surface area contributed by atoms with Crippen molar-refractivity contribution in [1.29, 1.82) is 5.26 Å². The fraction of sp³-hybridized carbons (Fsp3) is 0. The number of rotatable bonds is 3. The second-order valence-electron chi connectivity index (χ2n) is 10.0. The molecule has 40 heavy (non-hydrogen) atoms. The molecule has 0 radical (unpaired) electrons. The highest BCUT2D eigenvalue weighted by molar-refractivity contribution is 7.26. The minimum absolute atomic E-state index is 0.686. The van der Waals surface area contributed by atoms with Crippen molar-refractivity contribution in [2.24, 2.45) is 0 Å². The maximum Gasteiger partial charge on any atom is 0.0998 e. The third-order valence-electron chi connectivity index (χ3n) is 7.72. The van der Waals surface area contributed by atoms with Crippen LogP contribution in [0.2, 0.25) is 0 Å². The van der Waals surface area contributed by atoms with Gasteiger partial charge in [0.05, 0.1) is 11.6 Å². The first kappa shape index (κ1) is 23.2. The van der Waals surface area contributed by atoms with Gasteiger partial charge < -0.3 is 0 Å². The first-order valence-electron chi connectivity index (χ1n) is 13.2. The monoisotopic (exact) mass is 543 g/mol. The summed E-state index contributed by atoms with van der Waals surface area (Å²) in [6, 6.07) is 47.8. The van der Waals surface area contributed by atoms with E-state index in [-0.39, 0.29) is 0 Å². The Hall–Kier alpha value is -4.75. The van der Waals surface area contributed by atoms with Gasteiger partial charge in [0.15, 0.2) is 0 Å². The van der Waals surface area contributed by atoms with Crippen LogP contribution in [0.1, 0.15) is 5.56 Å². The van der Waals surface area contributed by atoms with E-state index in [9.17, 15) is 5.26 Å². The smallest absolute Gasteiger partial charge is 0.0998 e. The van der Waals surface area contributed by atoms with Crippen LogP contribution < -0.4 is 0 Å². The van der Waals surface area contributed by atoms with E-state index in [4.69, 9.17) is 0 Å². The van der Waals surface area contributed by atoms with Gasteiger partial charge in [0.2, 0.25) is 0 Å². The van der Waals surface area contributed by atoms with Gasteiger partial charge in [0, 0.05) is 40.3 Å². The molecule has 0 atom stereocenters. The van der Waals surface area contributed by atoms with Gasteiger partial charge >= 0.3 is 0 Å². The number of nitrogens with zero attached hydrogens (tertiary/aromatic N) is 1. The molecule has 6 aromatic carbocycles. The van der Waals surface area contributed by atoms with Crippen molar-refractivity contribution in [3.05, 3.63) is 133 Å². The highest BCUT2D eigenvalue weighted by Gasteiger charge is 2.15. The predicted molar refractivity (Wildman–Crippen MR) is 173 cm³/mol. The van der Waals surface area contributed by atoms with Crippen molar-refractivity contribution >= 4 is 63.0 Å². The largest absolute Gasteiger partial charge is 0.192 e. The summed E-state index contributed by atoms with van der Waals surface area (Å²) in [5, 5.41) is 15.1. The zero-order valence-corrected chi connectivity index (χ0v) is 23.0. The molecule has 0 N–H and O–H groups in total. The third-order valence-corrected chi connectivity index (χ3v) is 10.1. The standard InChI is InChI=1S/C37H21NS2/c38-22-24-8-1-2-9-28(24)26-18-25(23-16-17-32-30-10-3-5-14-34(30)39-36(32)21-23)19-27(20-26)29-12-7-13-33-31-11-4-6-15-35(31)40-37(29)33/h1-21H. The third kappa shape index (κ3) is 3.66. The molecule has 8 aromatic rings. The van der Waals surface area contributed by atoms with E-state index in [1.165, 1.54) is 51.5 Å². The van der Waals surface area contributed by atoms with Crippen LogP contribution in [0.5, 0.6) is 0 Å². The molecule has 0 aliphatic carbocycles. The molecule has 0 aliphatic heterocycles. The molecule has 1 nitrogen and oxygen atoms in total. The first-order valence-corrected chi connectivity index (χ1v) is 14.9. The van der Waals surface area contributed by atoms with Crippen LogP contribution in [0.25, 0.3) is 73.7 Å². The second kappa shape index (κ2) is 9.17. The Kier molecular flexibility index (Phi) is 5.31. The number of fused-ring (bicyclic) bond motifs is 6. The SMILES string of the molecule is N#Cc1ccccc1-c1cc(-c2ccc3c(c2)sc2ccccc23)cc(-c2cccc3c2sc2ccccc23)c1. The summed E-state index contributed by atoms with van der Waals surface area (Å²) < 4.78 is 5.19. The first-order chi connectivity index (χ1) is 19.8. The summed E-state index contributed by atoms with van der Waals surface area (Å²) in [7, 11) is 0. The molecule has 0 saturated carbocycles. The van der Waals surface area contributed by atoms with Crippen LogP contribution in [0.4, 0.5) is 0 Å². The van der Waals surface area contributed by atoms with Gasteiger partial charge in [-0.25, -0.2) is 0 Å². The van der Waals surface area contributed by atoms with Crippen LogP contribution in [-0.2, 0) is 0 Å². The predicted octanol–water partition coefficient (Wildman–Crippen LogP) is 11.3. The fourth-order valence-electron chi connectivity index (χ4n) is 5.82. The van der Waals surface area contributed by atoms with E-state index < -0.39 is 0 Å². The average molecular weight is 544 g/mol. The number of thiophene rings is 2. The van der Waals surface area contributed by atoms with Crippen LogP contribution in [0.3, 0.4) is 0 Å². The van der Waals surface area contributed by atoms with Gasteiger partial charge in [-0.1, -0.05) is 84.9 Å². The Morgan fingerprint density at radius 3 is 1.85 bits per heavy atom. The van der Waals surface area contributed by atoms with Gasteiger partial charge in [-0.2, -0.15) is 5.26 Å². The average Bonchev–Trinajstić information content (AvgIpc) is 3.58. The maximum absolute atomic E-state index is 9.91. The number of nitriles is 1. The molecule has 8 rings (SSSR count). The number of benzene rings is 6. The molecule has 0 spiro atoms. The Morgan fingerprint density at radius 1 is 0.425 bits per heavy atom. The van der Waals surface area contributed by atoms with Crippen molar-refractivity contribution in [3.63, 3.8) is 0 Å². The lowest BCUT2D eigenvalue weighted by molar-refractivity contribution is 1.48. The Morgan fingerprint density at radius 2 is 1.02 bits per heavy atom. The van der Waals surface area contributed by atoms with Gasteiger partial charge in [-0.3, -0.25) is 0 Å². The van der Waals surface area contributed by atoms with Gasteiger partial charge in [-0.15, -0.1) is 22.7 Å². The van der Waals surface area contributed by atoms with Crippen molar-refractivity contribution in [2.75, 3.05) is 0 Å². The summed E-state index contributed by atoms with van der Waals surface area (Å²) in [4.78, 5) is 0. The summed E-state index contributed by atoms with van der Waals surface area (Å²) in [5.41, 5.74) is 7.41. The van der Waals surface area contributed by atoms with Crippen LogP contribution in [-0.4, -0.2) is 0 Å². The van der Waals surface area contributed by atoms with E-state index in [1.54, 1.807) is 0 Å². The molecular formula is C37H21NS2. The fourth-order valence-corrected chi connectivity index (χ4v) is 8.20. The van der Waals surface area contributed by atoms with E-state index in [0.29, 0.717) is 5.56 Å². The van der Waals surface area contributed by atoms with Crippen molar-refractivity contribution in [2.45, 2.75) is 0 Å². The molecule has 186 valence electrons. The quantitative estimate of drug-likeness (QED) is 0.217. The van der Waals surface area contributed by atoms with Gasteiger partial charge in [0.25, 0.3) is 0 Å². The molecule has 0 amide bonds. The van der Waals surface area contributed by atoms with Crippen molar-refractivity contribution < 1.29 is 0 Å². The van der Waals surface area contributed by atoms with E-state index in [2.05, 4.69) is 115 Å². The summed E-state index contributed by atoms with van der Waals surface area (Å²) in [6.45, 7) is 0. The van der Waals surface area contributed by atoms with Gasteiger partial charge in [0.1, 0.15) is 0 Å². The molecule has 2 heterocycles. The molecule has 0 unspecified atom stereocenters. The van der Waals surface area contributed by atoms with Crippen LogP contribution in [0, 0.1) is 11.3 Å². The molecular weight excluding hydrogens is 523 g/mol. The molecule has 0 saturated heterocycles. The van der Waals surface area contributed by atoms with E-state index in [1.807, 2.05) is 40.9 Å². The molecule has 2 aromatic heterocycles. The maximum atomic E-state index is 9.91. The molecule has 3 heteroatoms. The van der Waals surface area contributed by atoms with Crippen LogP contribution >= 0.6 is 22.7 Å². The van der Waals surface area contributed by atoms with Crippen molar-refractivity contribution in [3.8, 4) is 39.4 Å². The Bertz CT molecular complexity index is 2290. The normalized spacial score (nSPS) is 11.5. The van der Waals surface area contributed by atoms with E-state index >= 15 is 0 Å². The highest BCUT2D eigenvalue weighted by atomic mass is 32.1. The zero-order valence-electron chi connectivity index (χ0n) is 21.4. The summed E-state index contributed by atoms with van der Waals surface area (Å²) in [5.74, 6) is 0. The van der Waals surface area contributed by atoms with Gasteiger partial charge in [-0.05, 0) is 75.8 Å². The molecule has 0 fully saturated rings. The zero-order chi connectivity index (χ0) is 26.6. The number of hydrogen-bond acceptors (Lipinski definition) is 3. The molecule has 0 bridgehead atoms.